The highest BCUT2D eigenvalue weighted by molar-refractivity contribution is 14.1. The van der Waals surface area contributed by atoms with Crippen LogP contribution in [0.3, 0.4) is 0 Å². The third-order valence-electron chi connectivity index (χ3n) is 4.76. The summed E-state index contributed by atoms with van der Waals surface area (Å²) in [6, 6.07) is 18.8. The van der Waals surface area contributed by atoms with Gasteiger partial charge in [-0.05, 0) is 83.1 Å². The predicted octanol–water partition coefficient (Wildman–Crippen LogP) is 5.60. The standard InChI is InChI=1S/C25H20IN3O5/c1-16-3-7-20(8-4-16)28-24(30)15-34-25-22(26)12-17(13-23(25)33-2)11-19(14-27)18-5-9-21(10-6-18)29(31)32/h3-13H,15H2,1-2H3,(H,28,30)/b19-11-. The molecule has 0 saturated carbocycles. The van der Waals surface area contributed by atoms with E-state index >= 15 is 0 Å². The number of carbonyl (C=O) groups is 1. The summed E-state index contributed by atoms with van der Waals surface area (Å²) < 4.78 is 11.9. The van der Waals surface area contributed by atoms with Crippen molar-refractivity contribution in [3.63, 3.8) is 0 Å². The summed E-state index contributed by atoms with van der Waals surface area (Å²) in [6.45, 7) is 1.76. The normalized spacial score (nSPS) is 10.8. The molecule has 0 aliphatic heterocycles. The topological polar surface area (TPSA) is 114 Å². The number of nitrogens with one attached hydrogen (secondary N) is 1. The Kier molecular flexibility index (Phi) is 8.21. The molecule has 1 N–H and O–H groups in total. The van der Waals surface area contributed by atoms with Gasteiger partial charge in [-0.3, -0.25) is 14.9 Å². The highest BCUT2D eigenvalue weighted by Crippen LogP contribution is 2.35. The van der Waals surface area contributed by atoms with Crippen LogP contribution in [0.25, 0.3) is 11.6 Å². The monoisotopic (exact) mass is 569 g/mol. The highest BCUT2D eigenvalue weighted by Gasteiger charge is 2.14. The Morgan fingerprint density at radius 1 is 1.18 bits per heavy atom. The Balaban J connectivity index is 1.78. The van der Waals surface area contributed by atoms with E-state index in [1.54, 1.807) is 18.2 Å². The van der Waals surface area contributed by atoms with E-state index in [2.05, 4.69) is 34.0 Å². The molecule has 0 atom stereocenters. The number of rotatable bonds is 8. The van der Waals surface area contributed by atoms with E-state index in [0.29, 0.717) is 37.5 Å². The number of nitrogens with zero attached hydrogens (tertiary/aromatic N) is 2. The zero-order chi connectivity index (χ0) is 24.7. The highest BCUT2D eigenvalue weighted by atomic mass is 127. The van der Waals surface area contributed by atoms with E-state index in [-0.39, 0.29) is 18.2 Å². The van der Waals surface area contributed by atoms with E-state index in [0.717, 1.165) is 5.56 Å². The number of aryl methyl sites for hydroxylation is 1. The minimum absolute atomic E-state index is 0.0508. The van der Waals surface area contributed by atoms with Gasteiger partial charge in [-0.15, -0.1) is 0 Å². The van der Waals surface area contributed by atoms with Crippen molar-refractivity contribution in [2.75, 3.05) is 19.0 Å². The predicted molar refractivity (Wildman–Crippen MR) is 138 cm³/mol. The number of carbonyl (C=O) groups excluding carboxylic acids is 1. The van der Waals surface area contributed by atoms with Gasteiger partial charge >= 0.3 is 0 Å². The van der Waals surface area contributed by atoms with E-state index in [9.17, 15) is 20.2 Å². The van der Waals surface area contributed by atoms with E-state index in [1.807, 2.05) is 31.2 Å². The number of nitro groups is 1. The van der Waals surface area contributed by atoms with Gasteiger partial charge in [-0.25, -0.2) is 0 Å². The van der Waals surface area contributed by atoms with Gasteiger partial charge in [0.25, 0.3) is 11.6 Å². The second-order valence-electron chi connectivity index (χ2n) is 7.21. The number of halogens is 1. The van der Waals surface area contributed by atoms with Crippen molar-refractivity contribution in [3.05, 3.63) is 91.0 Å². The Bertz CT molecular complexity index is 1280. The number of anilines is 1. The molecular weight excluding hydrogens is 549 g/mol. The summed E-state index contributed by atoms with van der Waals surface area (Å²) in [5, 5.41) is 23.2. The molecule has 1 amide bonds. The first kappa shape index (κ1) is 24.7. The lowest BCUT2D eigenvalue weighted by Crippen LogP contribution is -2.20. The molecule has 0 aromatic heterocycles. The number of hydrogen-bond acceptors (Lipinski definition) is 6. The first-order chi connectivity index (χ1) is 16.3. The van der Waals surface area contributed by atoms with Crippen LogP contribution in [0.4, 0.5) is 11.4 Å². The zero-order valence-corrected chi connectivity index (χ0v) is 20.5. The molecule has 3 aromatic carbocycles. The molecule has 34 heavy (non-hydrogen) atoms. The molecule has 0 saturated heterocycles. The van der Waals surface area contributed by atoms with Crippen molar-refractivity contribution in [2.24, 2.45) is 0 Å². The summed E-state index contributed by atoms with van der Waals surface area (Å²) in [4.78, 5) is 22.7. The molecule has 0 aliphatic carbocycles. The van der Waals surface area contributed by atoms with Crippen LogP contribution in [0.15, 0.2) is 60.7 Å². The fourth-order valence-electron chi connectivity index (χ4n) is 3.04. The first-order valence-corrected chi connectivity index (χ1v) is 11.1. The van der Waals surface area contributed by atoms with Crippen LogP contribution in [-0.4, -0.2) is 24.5 Å². The molecule has 0 bridgehead atoms. The van der Waals surface area contributed by atoms with Crippen LogP contribution < -0.4 is 14.8 Å². The quantitative estimate of drug-likeness (QED) is 0.124. The third kappa shape index (κ3) is 6.32. The number of methoxy groups -OCH3 is 1. The molecule has 0 aliphatic rings. The van der Waals surface area contributed by atoms with Gasteiger partial charge < -0.3 is 14.8 Å². The summed E-state index contributed by atoms with van der Waals surface area (Å²) in [6.07, 6.45) is 1.65. The first-order valence-electron chi connectivity index (χ1n) is 10.0. The number of nitriles is 1. The van der Waals surface area contributed by atoms with Gasteiger partial charge in [0.2, 0.25) is 0 Å². The van der Waals surface area contributed by atoms with Crippen LogP contribution in [-0.2, 0) is 4.79 Å². The Hall–Kier alpha value is -3.91. The van der Waals surface area contributed by atoms with E-state index in [1.165, 1.54) is 31.4 Å². The smallest absolute Gasteiger partial charge is 0.269 e. The van der Waals surface area contributed by atoms with Crippen LogP contribution in [0.1, 0.15) is 16.7 Å². The number of nitro benzene ring substituents is 1. The van der Waals surface area contributed by atoms with Gasteiger partial charge in [0.1, 0.15) is 0 Å². The van der Waals surface area contributed by atoms with Gasteiger partial charge in [0.05, 0.1) is 27.2 Å². The van der Waals surface area contributed by atoms with Gasteiger partial charge in [-0.2, -0.15) is 5.26 Å². The average Bonchev–Trinajstić information content (AvgIpc) is 2.83. The molecular formula is C25H20IN3O5. The molecule has 3 rings (SSSR count). The zero-order valence-electron chi connectivity index (χ0n) is 18.4. The number of non-ortho nitro benzene ring substituents is 1. The fraction of sp³-hybridized carbons (Fsp3) is 0.120. The van der Waals surface area contributed by atoms with Gasteiger partial charge in [0, 0.05) is 17.8 Å². The molecule has 0 radical (unpaired) electrons. The second kappa shape index (κ2) is 11.3. The molecule has 0 unspecified atom stereocenters. The minimum atomic E-state index is -0.494. The summed E-state index contributed by atoms with van der Waals surface area (Å²) in [7, 11) is 1.49. The molecule has 3 aromatic rings. The van der Waals surface area contributed by atoms with Crippen LogP contribution in [0, 0.1) is 31.9 Å². The van der Waals surface area contributed by atoms with Crippen molar-refractivity contribution in [2.45, 2.75) is 6.92 Å². The molecule has 172 valence electrons. The third-order valence-corrected chi connectivity index (χ3v) is 5.56. The van der Waals surface area contributed by atoms with Crippen molar-refractivity contribution in [3.8, 4) is 17.6 Å². The Morgan fingerprint density at radius 2 is 1.85 bits per heavy atom. The van der Waals surface area contributed by atoms with Crippen molar-refractivity contribution in [1.29, 1.82) is 5.26 Å². The van der Waals surface area contributed by atoms with E-state index < -0.39 is 4.92 Å². The van der Waals surface area contributed by atoms with Crippen molar-refractivity contribution in [1.82, 2.24) is 0 Å². The lowest BCUT2D eigenvalue weighted by molar-refractivity contribution is -0.384. The van der Waals surface area contributed by atoms with Gasteiger partial charge in [0.15, 0.2) is 18.1 Å². The molecule has 0 spiro atoms. The number of amides is 1. The van der Waals surface area contributed by atoms with Crippen molar-refractivity contribution >= 4 is 51.5 Å². The minimum Gasteiger partial charge on any atom is -0.493 e. The summed E-state index contributed by atoms with van der Waals surface area (Å²) in [5.74, 6) is 0.506. The van der Waals surface area contributed by atoms with Crippen LogP contribution >= 0.6 is 22.6 Å². The second-order valence-corrected chi connectivity index (χ2v) is 8.37. The number of allylic oxidation sites excluding steroid dienone is 1. The lowest BCUT2D eigenvalue weighted by atomic mass is 10.0. The largest absolute Gasteiger partial charge is 0.493 e. The van der Waals surface area contributed by atoms with Gasteiger partial charge in [-0.1, -0.05) is 17.7 Å². The maximum absolute atomic E-state index is 12.3. The van der Waals surface area contributed by atoms with Crippen molar-refractivity contribution < 1.29 is 19.2 Å². The average molecular weight is 569 g/mol. The SMILES string of the molecule is COc1cc(/C=C(/C#N)c2ccc([N+](=O)[O-])cc2)cc(I)c1OCC(=O)Nc1ccc(C)cc1. The Morgan fingerprint density at radius 3 is 2.44 bits per heavy atom. The van der Waals surface area contributed by atoms with Crippen LogP contribution in [0.5, 0.6) is 11.5 Å². The molecule has 0 heterocycles. The molecule has 8 nitrogen and oxygen atoms in total. The number of benzene rings is 3. The van der Waals surface area contributed by atoms with Crippen LogP contribution in [0.2, 0.25) is 0 Å². The van der Waals surface area contributed by atoms with E-state index in [4.69, 9.17) is 9.47 Å². The fourth-order valence-corrected chi connectivity index (χ4v) is 3.83. The maximum atomic E-state index is 12.3. The Labute approximate surface area is 210 Å². The lowest BCUT2D eigenvalue weighted by Gasteiger charge is -2.14. The number of hydrogen-bond donors (Lipinski definition) is 1. The summed E-state index contributed by atoms with van der Waals surface area (Å²) >= 11 is 2.07. The molecule has 9 heteroatoms. The molecule has 0 fully saturated rings. The summed E-state index contributed by atoms with van der Waals surface area (Å²) in [5.41, 5.74) is 3.28. The maximum Gasteiger partial charge on any atom is 0.269 e. The number of ether oxygens (including phenoxy) is 2.